The van der Waals surface area contributed by atoms with Crippen molar-refractivity contribution in [1.29, 1.82) is 0 Å². The molecule has 2 N–H and O–H groups in total. The third-order valence-electron chi connectivity index (χ3n) is 1.99. The van der Waals surface area contributed by atoms with E-state index in [2.05, 4.69) is 10.4 Å². The van der Waals surface area contributed by atoms with E-state index in [9.17, 15) is 9.59 Å². The zero-order valence-electron chi connectivity index (χ0n) is 6.87. The van der Waals surface area contributed by atoms with Crippen LogP contribution in [0.5, 0.6) is 0 Å². The van der Waals surface area contributed by atoms with Crippen LogP contribution in [-0.2, 0) is 13.6 Å². The van der Waals surface area contributed by atoms with E-state index in [0.29, 0.717) is 11.3 Å². The summed E-state index contributed by atoms with van der Waals surface area (Å²) in [5, 5.41) is 15.0. The zero-order valence-corrected chi connectivity index (χ0v) is 6.87. The van der Waals surface area contributed by atoms with Gasteiger partial charge in [-0.2, -0.15) is 5.10 Å². The Hall–Kier alpha value is -1.85. The molecule has 1 aliphatic heterocycles. The molecule has 2 rings (SSSR count). The molecule has 1 aromatic heterocycles. The molecule has 0 bridgehead atoms. The lowest BCUT2D eigenvalue weighted by molar-refractivity contribution is 0.0687. The van der Waals surface area contributed by atoms with Crippen LogP contribution in [0.25, 0.3) is 0 Å². The summed E-state index contributed by atoms with van der Waals surface area (Å²) in [6, 6.07) is 0. The van der Waals surface area contributed by atoms with Crippen LogP contribution in [-0.4, -0.2) is 26.8 Å². The van der Waals surface area contributed by atoms with Crippen LogP contribution in [0.15, 0.2) is 0 Å². The van der Waals surface area contributed by atoms with E-state index in [1.54, 1.807) is 7.05 Å². The highest BCUT2D eigenvalue weighted by atomic mass is 16.4. The highest BCUT2D eigenvalue weighted by molar-refractivity contribution is 6.00. The van der Waals surface area contributed by atoms with Gasteiger partial charge in [0.25, 0.3) is 5.91 Å². The van der Waals surface area contributed by atoms with Gasteiger partial charge in [0.05, 0.1) is 0 Å². The minimum absolute atomic E-state index is 0.0455. The topological polar surface area (TPSA) is 84.2 Å². The standard InChI is InChI=1S/C7H7N3O3/c1-10-5-3(2-8-6(5)11)4(9-10)7(12)13/h2H2,1H3,(H,8,11)(H,12,13). The van der Waals surface area contributed by atoms with Crippen molar-refractivity contribution < 1.29 is 14.7 Å². The molecule has 6 heteroatoms. The van der Waals surface area contributed by atoms with E-state index in [1.165, 1.54) is 4.68 Å². The predicted molar refractivity (Wildman–Crippen MR) is 41.3 cm³/mol. The molecule has 0 spiro atoms. The van der Waals surface area contributed by atoms with Gasteiger partial charge in [-0.3, -0.25) is 9.48 Å². The Kier molecular flexibility index (Phi) is 1.39. The second-order valence-electron chi connectivity index (χ2n) is 2.79. The number of amides is 1. The Balaban J connectivity index is 2.65. The highest BCUT2D eigenvalue weighted by Gasteiger charge is 2.30. The quantitative estimate of drug-likeness (QED) is 0.603. The van der Waals surface area contributed by atoms with Crippen molar-refractivity contribution in [3.63, 3.8) is 0 Å². The molecule has 0 fully saturated rings. The molecule has 0 saturated carbocycles. The van der Waals surface area contributed by atoms with E-state index in [4.69, 9.17) is 5.11 Å². The molecular weight excluding hydrogens is 174 g/mol. The van der Waals surface area contributed by atoms with E-state index in [1.807, 2.05) is 0 Å². The molecular formula is C7H7N3O3. The summed E-state index contributed by atoms with van der Waals surface area (Å²) < 4.78 is 1.29. The smallest absolute Gasteiger partial charge is 0.356 e. The summed E-state index contributed by atoms with van der Waals surface area (Å²) in [6.07, 6.45) is 0. The van der Waals surface area contributed by atoms with E-state index in [-0.39, 0.29) is 18.1 Å². The van der Waals surface area contributed by atoms with Gasteiger partial charge in [0.2, 0.25) is 0 Å². The molecule has 6 nitrogen and oxygen atoms in total. The Labute approximate surface area is 73.2 Å². The number of aromatic carboxylic acids is 1. The zero-order chi connectivity index (χ0) is 9.59. The first kappa shape index (κ1) is 7.78. The molecule has 1 aromatic rings. The minimum Gasteiger partial charge on any atom is -0.476 e. The summed E-state index contributed by atoms with van der Waals surface area (Å²) in [7, 11) is 1.55. The van der Waals surface area contributed by atoms with Crippen molar-refractivity contribution in [1.82, 2.24) is 15.1 Å². The molecule has 1 aliphatic rings. The number of rotatable bonds is 1. The molecule has 68 valence electrons. The van der Waals surface area contributed by atoms with Gasteiger partial charge in [-0.1, -0.05) is 0 Å². The highest BCUT2D eigenvalue weighted by Crippen LogP contribution is 2.18. The Bertz CT molecular complexity index is 407. The van der Waals surface area contributed by atoms with Gasteiger partial charge in [0.15, 0.2) is 5.69 Å². The number of carboxylic acid groups (broad SMARTS) is 1. The maximum Gasteiger partial charge on any atom is 0.356 e. The lowest BCUT2D eigenvalue weighted by atomic mass is 10.2. The SMILES string of the molecule is Cn1nc(C(=O)O)c2c1C(=O)NC2. The van der Waals surface area contributed by atoms with Crippen molar-refractivity contribution in [2.24, 2.45) is 7.05 Å². The fourth-order valence-corrected chi connectivity index (χ4v) is 1.44. The van der Waals surface area contributed by atoms with Gasteiger partial charge in [-0.25, -0.2) is 4.79 Å². The first-order chi connectivity index (χ1) is 6.11. The third kappa shape index (κ3) is 0.915. The predicted octanol–water partition coefficient (Wildman–Crippen LogP) is -0.638. The number of hydrogen-bond donors (Lipinski definition) is 2. The van der Waals surface area contributed by atoms with Gasteiger partial charge < -0.3 is 10.4 Å². The van der Waals surface area contributed by atoms with Crippen LogP contribution in [0.2, 0.25) is 0 Å². The fraction of sp³-hybridized carbons (Fsp3) is 0.286. The number of nitrogens with zero attached hydrogens (tertiary/aromatic N) is 2. The molecule has 0 aromatic carbocycles. The van der Waals surface area contributed by atoms with E-state index < -0.39 is 5.97 Å². The third-order valence-corrected chi connectivity index (χ3v) is 1.99. The summed E-state index contributed by atoms with van der Waals surface area (Å²) in [5.41, 5.74) is 0.772. The van der Waals surface area contributed by atoms with Crippen LogP contribution in [0.1, 0.15) is 26.5 Å². The van der Waals surface area contributed by atoms with E-state index >= 15 is 0 Å². The van der Waals surface area contributed by atoms with Crippen molar-refractivity contribution in [3.05, 3.63) is 17.0 Å². The van der Waals surface area contributed by atoms with Crippen molar-refractivity contribution in [3.8, 4) is 0 Å². The largest absolute Gasteiger partial charge is 0.476 e. The number of fused-ring (bicyclic) bond motifs is 1. The van der Waals surface area contributed by atoms with Crippen LogP contribution >= 0.6 is 0 Å². The van der Waals surface area contributed by atoms with Crippen LogP contribution in [0.4, 0.5) is 0 Å². The van der Waals surface area contributed by atoms with Crippen LogP contribution in [0.3, 0.4) is 0 Å². The first-order valence-electron chi connectivity index (χ1n) is 3.68. The molecule has 13 heavy (non-hydrogen) atoms. The summed E-state index contributed by atoms with van der Waals surface area (Å²) in [6.45, 7) is 0.254. The second-order valence-corrected chi connectivity index (χ2v) is 2.79. The number of aryl methyl sites for hydroxylation is 1. The molecule has 0 radical (unpaired) electrons. The maximum absolute atomic E-state index is 11.2. The Morgan fingerprint density at radius 2 is 2.38 bits per heavy atom. The Morgan fingerprint density at radius 3 is 3.00 bits per heavy atom. The minimum atomic E-state index is -1.10. The first-order valence-corrected chi connectivity index (χ1v) is 3.68. The van der Waals surface area contributed by atoms with Crippen LogP contribution < -0.4 is 5.32 Å². The maximum atomic E-state index is 11.2. The molecule has 0 atom stereocenters. The van der Waals surface area contributed by atoms with Gasteiger partial charge in [-0.05, 0) is 0 Å². The average Bonchev–Trinajstić information content (AvgIpc) is 2.55. The van der Waals surface area contributed by atoms with Crippen LogP contribution in [0, 0.1) is 0 Å². The van der Waals surface area contributed by atoms with Crippen molar-refractivity contribution >= 4 is 11.9 Å². The normalized spacial score (nSPS) is 14.1. The molecule has 2 heterocycles. The summed E-state index contributed by atoms with van der Waals surface area (Å²) in [5.74, 6) is -1.37. The molecule has 0 aliphatic carbocycles. The lowest BCUT2D eigenvalue weighted by Gasteiger charge is -1.94. The number of nitrogens with one attached hydrogen (secondary N) is 1. The van der Waals surface area contributed by atoms with Gasteiger partial charge >= 0.3 is 5.97 Å². The fourth-order valence-electron chi connectivity index (χ4n) is 1.44. The average molecular weight is 181 g/mol. The Morgan fingerprint density at radius 1 is 1.69 bits per heavy atom. The van der Waals surface area contributed by atoms with Crippen molar-refractivity contribution in [2.75, 3.05) is 0 Å². The number of carbonyl (C=O) groups excluding carboxylic acids is 1. The van der Waals surface area contributed by atoms with Crippen molar-refractivity contribution in [2.45, 2.75) is 6.54 Å². The number of aromatic nitrogens is 2. The van der Waals surface area contributed by atoms with Gasteiger partial charge in [0.1, 0.15) is 5.69 Å². The van der Waals surface area contributed by atoms with Gasteiger partial charge in [-0.15, -0.1) is 0 Å². The second kappa shape index (κ2) is 2.32. The number of carboxylic acids is 1. The summed E-state index contributed by atoms with van der Waals surface area (Å²) in [4.78, 5) is 21.8. The summed E-state index contributed by atoms with van der Waals surface area (Å²) >= 11 is 0. The molecule has 0 saturated heterocycles. The monoisotopic (exact) mass is 181 g/mol. The molecule has 1 amide bonds. The lowest BCUT2D eigenvalue weighted by Crippen LogP contribution is -2.17. The molecule has 0 unspecified atom stereocenters. The number of hydrogen-bond acceptors (Lipinski definition) is 3. The van der Waals surface area contributed by atoms with E-state index in [0.717, 1.165) is 0 Å². The number of carbonyl (C=O) groups is 2. The van der Waals surface area contributed by atoms with Gasteiger partial charge in [0, 0.05) is 19.2 Å².